The molecule has 19 rings (SSSR count). The molecule has 19 fully saturated rings. The van der Waals surface area contributed by atoms with E-state index in [0.29, 0.717) is 101 Å². The number of hydrogen-bond acceptors (Lipinski definition) is 22. The quantitative estimate of drug-likeness (QED) is 0.0578. The van der Waals surface area contributed by atoms with Crippen molar-refractivity contribution in [1.29, 1.82) is 0 Å². The van der Waals surface area contributed by atoms with Crippen LogP contribution in [0.3, 0.4) is 0 Å². The van der Waals surface area contributed by atoms with Crippen LogP contribution in [0.2, 0.25) is 0 Å². The van der Waals surface area contributed by atoms with Crippen LogP contribution in [0, 0.1) is 97.1 Å². The topological polar surface area (TPSA) is 318 Å². The highest BCUT2D eigenvalue weighted by molar-refractivity contribution is 5.84. The fraction of sp³-hybridized carbons (Fsp3) is 0.909. The molecule has 692 valence electrons. The number of cyclic esters (lactones) is 2. The van der Waals surface area contributed by atoms with Crippen LogP contribution in [0.4, 0.5) is 0 Å². The molecule has 22 nitrogen and oxygen atoms in total. The summed E-state index contributed by atoms with van der Waals surface area (Å²) in [7, 11) is 0. The van der Waals surface area contributed by atoms with Crippen molar-refractivity contribution >= 4 is 53.7 Å². The molecule has 121 heavy (non-hydrogen) atoms. The van der Waals surface area contributed by atoms with Gasteiger partial charge in [-0.2, -0.15) is 0 Å². The molecular weight excluding hydrogens is 1540 g/mol. The van der Waals surface area contributed by atoms with Gasteiger partial charge < -0.3 is 63.1 Å². The molecule has 0 spiro atoms. The minimum atomic E-state index is -0.842. The van der Waals surface area contributed by atoms with Gasteiger partial charge in [-0.15, -0.1) is 0 Å². The Morgan fingerprint density at radius 2 is 0.570 bits per heavy atom. The van der Waals surface area contributed by atoms with E-state index in [4.69, 9.17) is 42.6 Å². The highest BCUT2D eigenvalue weighted by Gasteiger charge is 2.67. The van der Waals surface area contributed by atoms with Crippen molar-refractivity contribution in [3.63, 3.8) is 0 Å². The predicted molar refractivity (Wildman–Crippen MR) is 460 cm³/mol. The fourth-order valence-electron chi connectivity index (χ4n) is 23.3. The fourth-order valence-corrected chi connectivity index (χ4v) is 23.3. The van der Waals surface area contributed by atoms with Gasteiger partial charge in [0.2, 0.25) is 12.2 Å². The van der Waals surface area contributed by atoms with Crippen molar-refractivity contribution in [3.8, 4) is 0 Å². The van der Waals surface area contributed by atoms with Crippen molar-refractivity contribution in [2.75, 3.05) is 13.2 Å². The number of hydrogen-bond donors (Lipinski definition) is 4. The van der Waals surface area contributed by atoms with Gasteiger partial charge in [-0.3, -0.25) is 33.6 Å². The molecule has 4 N–H and O–H groups in total. The van der Waals surface area contributed by atoms with E-state index in [9.17, 15) is 63.6 Å². The van der Waals surface area contributed by atoms with Gasteiger partial charge in [-0.1, -0.05) is 55.4 Å². The van der Waals surface area contributed by atoms with Crippen LogP contribution in [0.5, 0.6) is 0 Å². The van der Waals surface area contributed by atoms with Crippen molar-refractivity contribution < 1.29 is 106 Å². The highest BCUT2D eigenvalue weighted by atomic mass is 16.6. The van der Waals surface area contributed by atoms with Gasteiger partial charge in [0.15, 0.2) is 0 Å². The molecule has 2 aliphatic heterocycles. The molecule has 22 heteroatoms. The molecule has 17 aliphatic carbocycles. The summed E-state index contributed by atoms with van der Waals surface area (Å²) in [6.07, 6.45) is 31.0. The Kier molecular flexibility index (Phi) is 30.6. The van der Waals surface area contributed by atoms with Gasteiger partial charge >= 0.3 is 53.7 Å². The Hall–Kier alpha value is -4.93. The van der Waals surface area contributed by atoms with Gasteiger partial charge in [0, 0.05) is 51.4 Å². The van der Waals surface area contributed by atoms with Gasteiger partial charge in [-0.25, -0.2) is 9.59 Å². The van der Waals surface area contributed by atoms with Gasteiger partial charge in [0.05, 0.1) is 73.5 Å². The molecule has 6 atom stereocenters. The molecule has 19 aliphatic rings. The molecular formula is C99H164O22. The monoisotopic (exact) mass is 1710 g/mol. The average Bonchev–Trinajstić information content (AvgIpc) is 1.05. The van der Waals surface area contributed by atoms with Crippen molar-refractivity contribution in [3.05, 3.63) is 0 Å². The molecule has 0 amide bonds. The molecule has 2 saturated heterocycles. The number of aliphatic hydroxyl groups is 4. The molecule has 0 aromatic carbocycles. The van der Waals surface area contributed by atoms with E-state index in [1.807, 2.05) is 104 Å². The predicted octanol–water partition coefficient (Wildman–Crippen LogP) is 18.9. The number of carbonyl (C=O) groups excluding carboxylic acids is 9. The largest absolute Gasteiger partial charge is 0.463 e. The second-order valence-electron chi connectivity index (χ2n) is 46.3. The van der Waals surface area contributed by atoms with E-state index in [-0.39, 0.29) is 86.7 Å². The van der Waals surface area contributed by atoms with Gasteiger partial charge in [0.1, 0.15) is 28.0 Å². The molecule has 17 saturated carbocycles. The van der Waals surface area contributed by atoms with Gasteiger partial charge in [-0.05, 0) is 350 Å². The molecule has 2 heterocycles. The maximum absolute atomic E-state index is 12.5. The van der Waals surface area contributed by atoms with Crippen molar-refractivity contribution in [2.24, 2.45) is 97.1 Å². The number of rotatable bonds is 22. The van der Waals surface area contributed by atoms with Crippen molar-refractivity contribution in [1.82, 2.24) is 0 Å². The zero-order valence-corrected chi connectivity index (χ0v) is 79.4. The van der Waals surface area contributed by atoms with Gasteiger partial charge in [0.25, 0.3) is 0 Å². The van der Waals surface area contributed by atoms with E-state index >= 15 is 0 Å². The van der Waals surface area contributed by atoms with Crippen LogP contribution in [0.1, 0.15) is 397 Å². The summed E-state index contributed by atoms with van der Waals surface area (Å²) < 4.78 is 49.3. The molecule has 0 aromatic heterocycles. The third-order valence-corrected chi connectivity index (χ3v) is 33.5. The van der Waals surface area contributed by atoms with E-state index in [1.165, 1.54) is 77.0 Å². The first-order chi connectivity index (χ1) is 55.8. The Morgan fingerprint density at radius 3 is 0.793 bits per heavy atom. The van der Waals surface area contributed by atoms with Crippen LogP contribution in [0.25, 0.3) is 0 Å². The zero-order chi connectivity index (χ0) is 90.4. The highest BCUT2D eigenvalue weighted by Crippen LogP contribution is 2.65. The lowest BCUT2D eigenvalue weighted by Crippen LogP contribution is -2.67. The second-order valence-corrected chi connectivity index (χ2v) is 46.3. The third kappa shape index (κ3) is 23.0. The summed E-state index contributed by atoms with van der Waals surface area (Å²) in [6, 6.07) is 0. The normalized spacial score (nSPS) is 36.9. The SMILES string of the molecule is CCC(C)(C)C(=O)OC1(C)C2CC3CC(C2)CC1C3.CCC(C)(C)C(=O)OC1(C)C2CC3CC(C2)CC1C3.CCC(C)(C)C(=O)OC12CC3CC(O)(CC(O)(C3)C1)C2.CCC(C)(C)C(=O)OC12CC3CC(O)(CC(O)(C3)C1)C2.CCC(C)(C)C(=O)OC1CCOC1=O.CCC(C)(C)C(=O)OC1CCOC1=O.CCC1(OC(=O)C(C)(C)CC)CCCC1. The third-order valence-electron chi connectivity index (χ3n) is 33.5. The van der Waals surface area contributed by atoms with E-state index in [0.717, 1.165) is 114 Å². The van der Waals surface area contributed by atoms with Crippen LogP contribution < -0.4 is 0 Å². The Morgan fingerprint density at radius 1 is 0.331 bits per heavy atom. The smallest absolute Gasteiger partial charge is 0.347 e. The Bertz CT molecular complexity index is 3360. The van der Waals surface area contributed by atoms with Crippen LogP contribution in [0.15, 0.2) is 0 Å². The summed E-state index contributed by atoms with van der Waals surface area (Å²) >= 11 is 0. The summed E-state index contributed by atoms with van der Waals surface area (Å²) in [5.41, 5.74) is -8.20. The number of carbonyl (C=O) groups is 9. The first-order valence-electron chi connectivity index (χ1n) is 47.6. The van der Waals surface area contributed by atoms with Crippen molar-refractivity contribution in [2.45, 2.75) is 460 Å². The van der Waals surface area contributed by atoms with Crippen LogP contribution >= 0.6 is 0 Å². The van der Waals surface area contributed by atoms with E-state index in [2.05, 4.69) is 34.6 Å². The molecule has 16 bridgehead atoms. The molecule has 6 unspecified atom stereocenters. The Labute approximate surface area is 726 Å². The maximum Gasteiger partial charge on any atom is 0.347 e. The summed E-state index contributed by atoms with van der Waals surface area (Å²) in [5, 5.41) is 42.6. The van der Waals surface area contributed by atoms with E-state index < -0.39 is 79.4 Å². The molecule has 0 aromatic rings. The summed E-state index contributed by atoms with van der Waals surface area (Å²) in [4.78, 5) is 107. The summed E-state index contributed by atoms with van der Waals surface area (Å²) in [6.45, 7) is 47.9. The first-order valence-corrected chi connectivity index (χ1v) is 47.6. The lowest BCUT2D eigenvalue weighted by atomic mass is 9.50. The second kappa shape index (κ2) is 37.0. The Balaban J connectivity index is 0.000000161. The minimum Gasteiger partial charge on any atom is -0.463 e. The zero-order valence-electron chi connectivity index (χ0n) is 79.4. The maximum atomic E-state index is 12.5. The lowest BCUT2D eigenvalue weighted by molar-refractivity contribution is -0.265. The number of ether oxygens (including phenoxy) is 9. The standard InChI is InChI=1S/2C17H28O2.2C16H26O4.C13H24O2.2C10H16O4/c2*1-5-16(2,3)15(18)19-17(4)13-7-11-6-12(9-13)10-14(17)8-11;2*1-4-13(2,3)12(17)20-16-7-11-5-14(18,9-16)8-15(19,6-11)10-16;1-5-12(3,4)11(14)15-13(6-2)9-7-8-10-13;2*1-4-10(2,3)9(12)14-7-5-6-13-8(7)11/h2*11-14H,5-10H2,1-4H3;2*11,18-19H,4-10H2,1-3H3;5-10H2,1-4H3;2*7H,4-6H2,1-3H3. The van der Waals surface area contributed by atoms with E-state index in [1.54, 1.807) is 27.7 Å². The first kappa shape index (κ1) is 99.8. The minimum absolute atomic E-state index is 0.0185. The summed E-state index contributed by atoms with van der Waals surface area (Å²) in [5.74, 6) is 4.86. The molecule has 0 radical (unpaired) electrons. The van der Waals surface area contributed by atoms with Crippen LogP contribution in [-0.4, -0.2) is 150 Å². The average molecular weight is 1710 g/mol. The van der Waals surface area contributed by atoms with Crippen LogP contribution in [-0.2, 0) is 85.8 Å². The lowest BCUT2D eigenvalue weighted by Gasteiger charge is -2.62. The number of esters is 9.